The van der Waals surface area contributed by atoms with Crippen LogP contribution >= 0.6 is 0 Å². The molecule has 1 saturated heterocycles. The van der Waals surface area contributed by atoms with Crippen LogP contribution in [0, 0.1) is 5.92 Å². The first-order valence-corrected chi connectivity index (χ1v) is 13.9. The molecular formula is C29H33N9. The Kier molecular flexibility index (Phi) is 6.21. The largest absolute Gasteiger partial charge is 0.355 e. The van der Waals surface area contributed by atoms with Gasteiger partial charge in [-0.2, -0.15) is 5.10 Å². The molecule has 1 saturated carbocycles. The molecule has 9 nitrogen and oxygen atoms in total. The van der Waals surface area contributed by atoms with Crippen molar-refractivity contribution in [2.75, 3.05) is 24.5 Å². The number of piperidine rings is 1. The second-order valence-electron chi connectivity index (χ2n) is 10.7. The van der Waals surface area contributed by atoms with Crippen LogP contribution < -0.4 is 10.2 Å². The van der Waals surface area contributed by atoms with Crippen molar-refractivity contribution in [3.05, 3.63) is 48.4 Å². The Morgan fingerprint density at radius 3 is 2.71 bits per heavy atom. The Morgan fingerprint density at radius 1 is 0.921 bits per heavy atom. The van der Waals surface area contributed by atoms with Gasteiger partial charge in [0, 0.05) is 43.8 Å². The number of aromatic amines is 2. The third kappa shape index (κ3) is 4.51. The first-order valence-electron chi connectivity index (χ1n) is 13.9. The summed E-state index contributed by atoms with van der Waals surface area (Å²) in [5.74, 6) is 2.47. The zero-order chi connectivity index (χ0) is 25.3. The number of H-pyrrole nitrogens is 2. The van der Waals surface area contributed by atoms with Crippen LogP contribution in [0.25, 0.3) is 44.8 Å². The third-order valence-corrected chi connectivity index (χ3v) is 8.00. The molecule has 0 atom stereocenters. The Morgan fingerprint density at radius 2 is 1.82 bits per heavy atom. The van der Waals surface area contributed by atoms with Gasteiger partial charge < -0.3 is 15.2 Å². The van der Waals surface area contributed by atoms with Crippen molar-refractivity contribution in [3.63, 3.8) is 0 Å². The van der Waals surface area contributed by atoms with Crippen molar-refractivity contribution in [1.29, 1.82) is 0 Å². The van der Waals surface area contributed by atoms with Crippen LogP contribution in [-0.4, -0.2) is 54.8 Å². The number of nitrogens with one attached hydrogen (secondary N) is 3. The molecule has 0 unspecified atom stereocenters. The zero-order valence-electron chi connectivity index (χ0n) is 21.6. The van der Waals surface area contributed by atoms with Gasteiger partial charge in [-0.3, -0.25) is 10.1 Å². The minimum Gasteiger partial charge on any atom is -0.355 e. The van der Waals surface area contributed by atoms with Crippen LogP contribution in [0.3, 0.4) is 0 Å². The highest BCUT2D eigenvalue weighted by Crippen LogP contribution is 2.31. The molecule has 5 aromatic rings. The van der Waals surface area contributed by atoms with Crippen molar-refractivity contribution >= 4 is 27.9 Å². The number of rotatable bonds is 7. The highest BCUT2D eigenvalue weighted by atomic mass is 15.2. The van der Waals surface area contributed by atoms with Gasteiger partial charge in [0.05, 0.1) is 16.7 Å². The lowest BCUT2D eigenvalue weighted by Crippen LogP contribution is -2.30. The minimum absolute atomic E-state index is 0.699. The van der Waals surface area contributed by atoms with Gasteiger partial charge in [-0.25, -0.2) is 15.0 Å². The standard InChI is InChI=1S/C29H33N9/c1-4-12-38(13-5-1)29-26-23(10-11-32-29)34-28(35-26)27-25-24(36-37-27)9-8-22(33-25)21-14-20(17-31-18-21)16-30-15-19-6-2-3-7-19/h8-11,14,17-19,30H,1-7,12-13,15-16H2,(H,34,35)(H,36,37). The van der Waals surface area contributed by atoms with Crippen molar-refractivity contribution < 1.29 is 0 Å². The molecule has 3 N–H and O–H groups in total. The number of imidazole rings is 1. The summed E-state index contributed by atoms with van der Waals surface area (Å²) >= 11 is 0. The van der Waals surface area contributed by atoms with Gasteiger partial charge in [0.2, 0.25) is 0 Å². The van der Waals surface area contributed by atoms with Gasteiger partial charge in [0.1, 0.15) is 11.0 Å². The Labute approximate surface area is 221 Å². The lowest BCUT2D eigenvalue weighted by molar-refractivity contribution is 0.489. The van der Waals surface area contributed by atoms with E-state index in [0.717, 1.165) is 71.2 Å². The van der Waals surface area contributed by atoms with Crippen molar-refractivity contribution in [2.45, 2.75) is 51.5 Å². The molecule has 9 heteroatoms. The first kappa shape index (κ1) is 23.3. The minimum atomic E-state index is 0.699. The molecule has 5 aromatic heterocycles. The van der Waals surface area contributed by atoms with E-state index >= 15 is 0 Å². The molecule has 2 fully saturated rings. The maximum absolute atomic E-state index is 5.01. The Hall–Kier alpha value is -3.85. The van der Waals surface area contributed by atoms with E-state index in [0.29, 0.717) is 11.5 Å². The van der Waals surface area contributed by atoms with Gasteiger partial charge in [0.25, 0.3) is 0 Å². The Balaban J connectivity index is 1.18. The molecule has 1 aliphatic heterocycles. The molecule has 0 bridgehead atoms. The van der Waals surface area contributed by atoms with E-state index in [-0.39, 0.29) is 0 Å². The fourth-order valence-corrected chi connectivity index (χ4v) is 5.95. The average Bonchev–Trinajstić information content (AvgIpc) is 3.73. The zero-order valence-corrected chi connectivity index (χ0v) is 21.6. The molecule has 7 rings (SSSR count). The summed E-state index contributed by atoms with van der Waals surface area (Å²) in [7, 11) is 0. The molecule has 0 radical (unpaired) electrons. The lowest BCUT2D eigenvalue weighted by atomic mass is 10.1. The van der Waals surface area contributed by atoms with Crippen LogP contribution in [0.5, 0.6) is 0 Å². The fourth-order valence-electron chi connectivity index (χ4n) is 5.95. The van der Waals surface area contributed by atoms with E-state index in [1.807, 2.05) is 36.8 Å². The van der Waals surface area contributed by atoms with E-state index in [9.17, 15) is 0 Å². The maximum atomic E-state index is 5.01. The third-order valence-electron chi connectivity index (χ3n) is 8.00. The number of aromatic nitrogens is 7. The highest BCUT2D eigenvalue weighted by molar-refractivity contribution is 5.93. The van der Waals surface area contributed by atoms with E-state index in [2.05, 4.69) is 41.4 Å². The summed E-state index contributed by atoms with van der Waals surface area (Å²) in [5.41, 5.74) is 7.27. The monoisotopic (exact) mass is 507 g/mol. The second kappa shape index (κ2) is 10.1. The van der Waals surface area contributed by atoms with Crippen LogP contribution in [0.1, 0.15) is 50.5 Å². The van der Waals surface area contributed by atoms with Gasteiger partial charge in [-0.15, -0.1) is 0 Å². The summed E-state index contributed by atoms with van der Waals surface area (Å²) < 4.78 is 0. The number of nitrogens with zero attached hydrogens (tertiary/aromatic N) is 6. The molecule has 0 aromatic carbocycles. The maximum Gasteiger partial charge on any atom is 0.161 e. The first-order chi connectivity index (χ1) is 18.8. The van der Waals surface area contributed by atoms with Crippen LogP contribution in [0.2, 0.25) is 0 Å². The number of fused-ring (bicyclic) bond motifs is 2. The molecule has 0 spiro atoms. The number of pyridine rings is 3. The molecular weight excluding hydrogens is 474 g/mol. The van der Waals surface area contributed by atoms with Crippen LogP contribution in [0.15, 0.2) is 42.9 Å². The molecule has 2 aliphatic rings. The second-order valence-corrected chi connectivity index (χ2v) is 10.7. The van der Waals surface area contributed by atoms with Gasteiger partial charge in [0.15, 0.2) is 17.3 Å². The Bertz CT molecular complexity index is 1560. The van der Waals surface area contributed by atoms with Gasteiger partial charge >= 0.3 is 0 Å². The number of hydrogen-bond acceptors (Lipinski definition) is 7. The van der Waals surface area contributed by atoms with E-state index < -0.39 is 0 Å². The lowest BCUT2D eigenvalue weighted by Gasteiger charge is -2.27. The molecule has 38 heavy (non-hydrogen) atoms. The topological polar surface area (TPSA) is 111 Å². The molecule has 6 heterocycles. The van der Waals surface area contributed by atoms with E-state index in [4.69, 9.17) is 9.97 Å². The molecule has 0 amide bonds. The fraction of sp³-hybridized carbons (Fsp3) is 0.414. The number of anilines is 1. The summed E-state index contributed by atoms with van der Waals surface area (Å²) in [4.78, 5) is 25.0. The molecule has 1 aliphatic carbocycles. The predicted molar refractivity (Wildman–Crippen MR) is 150 cm³/mol. The van der Waals surface area contributed by atoms with Gasteiger partial charge in [-0.1, -0.05) is 12.8 Å². The summed E-state index contributed by atoms with van der Waals surface area (Å²) in [6.07, 6.45) is 14.8. The highest BCUT2D eigenvalue weighted by Gasteiger charge is 2.20. The molecule has 194 valence electrons. The summed E-state index contributed by atoms with van der Waals surface area (Å²) in [5, 5.41) is 11.3. The smallest absolute Gasteiger partial charge is 0.161 e. The van der Waals surface area contributed by atoms with Crippen LogP contribution in [0.4, 0.5) is 5.82 Å². The number of hydrogen-bond donors (Lipinski definition) is 3. The quantitative estimate of drug-likeness (QED) is 0.277. The van der Waals surface area contributed by atoms with Crippen molar-refractivity contribution in [2.24, 2.45) is 5.92 Å². The van der Waals surface area contributed by atoms with Crippen molar-refractivity contribution in [1.82, 2.24) is 40.4 Å². The SMILES string of the molecule is c1cc2[nH]c(-c3n[nH]c4ccc(-c5cncc(CNCC6CCCC6)c5)nc34)nc2c(N2CCCCC2)n1. The van der Waals surface area contributed by atoms with Crippen molar-refractivity contribution in [3.8, 4) is 22.8 Å². The average molecular weight is 508 g/mol. The predicted octanol–water partition coefficient (Wildman–Crippen LogP) is 5.23. The normalized spacial score (nSPS) is 16.7. The van der Waals surface area contributed by atoms with E-state index in [1.54, 1.807) is 0 Å². The van der Waals surface area contributed by atoms with E-state index in [1.165, 1.54) is 50.5 Å². The summed E-state index contributed by atoms with van der Waals surface area (Å²) in [6, 6.07) is 8.21. The van der Waals surface area contributed by atoms with Gasteiger partial charge in [-0.05, 0) is 74.4 Å². The van der Waals surface area contributed by atoms with Crippen LogP contribution in [-0.2, 0) is 6.54 Å². The summed E-state index contributed by atoms with van der Waals surface area (Å²) in [6.45, 7) is 3.95.